The molecule has 18 rings (SSSR count). The first-order chi connectivity index (χ1) is 62.6. The van der Waals surface area contributed by atoms with Gasteiger partial charge in [0.15, 0.2) is 0 Å². The minimum absolute atomic E-state index is 0. The predicted molar refractivity (Wildman–Crippen MR) is 475 cm³/mol. The van der Waals surface area contributed by atoms with E-state index in [9.17, 15) is 43.2 Å². The number of hydrogen-bond donors (Lipinski definition) is 3. The topological polar surface area (TPSA) is 360 Å². The van der Waals surface area contributed by atoms with E-state index in [0.29, 0.717) is 121 Å². The number of aromatic nitrogens is 6. The van der Waals surface area contributed by atoms with Crippen LogP contribution in [-0.4, -0.2) is 225 Å². The fourth-order valence-electron chi connectivity index (χ4n) is 21.5. The molecule has 6 bridgehead atoms. The smallest absolute Gasteiger partial charge is 0.408 e. The van der Waals surface area contributed by atoms with Gasteiger partial charge in [0.1, 0.15) is 88.6 Å². The first-order valence-electron chi connectivity index (χ1n) is 46.9. The van der Waals surface area contributed by atoms with E-state index in [0.717, 1.165) is 49.7 Å². The summed E-state index contributed by atoms with van der Waals surface area (Å²) in [5, 5.41) is 8.38. The van der Waals surface area contributed by atoms with Gasteiger partial charge in [-0.1, -0.05) is 140 Å². The van der Waals surface area contributed by atoms with Gasteiger partial charge < -0.3 is 87.7 Å². The van der Waals surface area contributed by atoms with E-state index in [4.69, 9.17) is 52.6 Å². The van der Waals surface area contributed by atoms with Gasteiger partial charge in [0, 0.05) is 97.5 Å². The van der Waals surface area contributed by atoms with Gasteiger partial charge in [-0.3, -0.25) is 14.4 Å². The molecule has 6 aromatic rings. The number of carbonyl (C=O) groups excluding carboxylic acids is 9. The summed E-state index contributed by atoms with van der Waals surface area (Å²) >= 11 is 0. The van der Waals surface area contributed by atoms with E-state index in [-0.39, 0.29) is 153 Å². The molecule has 135 heavy (non-hydrogen) atoms. The van der Waals surface area contributed by atoms with Gasteiger partial charge in [0.25, 0.3) is 11.8 Å². The second kappa shape index (κ2) is 40.2. The molecule has 6 saturated carbocycles. The Labute approximate surface area is 820 Å². The minimum atomic E-state index is -3.00. The number of fused-ring (bicyclic) bond motifs is 20. The van der Waals surface area contributed by atoms with Crippen LogP contribution in [0.15, 0.2) is 54.6 Å². The second-order valence-electron chi connectivity index (χ2n) is 41.8. The third-order valence-electron chi connectivity index (χ3n) is 29.9. The van der Waals surface area contributed by atoms with Crippen molar-refractivity contribution in [1.29, 1.82) is 0 Å². The Bertz CT molecular complexity index is 5440. The number of nitrogens with one attached hydrogen (secondary N) is 3. The van der Waals surface area contributed by atoms with Crippen molar-refractivity contribution in [2.24, 2.45) is 69.0 Å². The van der Waals surface area contributed by atoms with Crippen molar-refractivity contribution in [2.45, 2.75) is 302 Å². The molecule has 3 radical (unpaired) electrons. The number of aryl methyl sites for hydroxylation is 1. The molecule has 3 aromatic heterocycles. The zero-order valence-corrected chi connectivity index (χ0v) is 83.6. The number of hydrogen-bond acceptors (Lipinski definition) is 24. The van der Waals surface area contributed by atoms with Crippen LogP contribution in [0.4, 0.5) is 31.9 Å². The average Bonchev–Trinajstić information content (AvgIpc) is 1.54. The standard InChI is InChI=1S/C33H41F2N4O6.C33H43N4O6.C32H39F2N4O6.3V/c1-7-19-23(16-40)39-15-24(19)44-28-26(36-21-12-11-18(43-6)13-22(21)37-28)25-20(33(25,34)35)10-8-9-17-14-32(17,5)45-30(42)38-27(29(39)41)31(2,3)4;1-6-20-25(18-38)37-17-27(20)42-29-23(34-22-11-10-19(41-5)15-24(22)35-29)9-7-8-12-33(13-14-33)21-16-26(21)43-31(40)36-28(30(37)39)32(2,3)4;1-6-18-22(15-39)38-14-24(18)43-28-26(35-20-11-10-17(42-5)13-21(20)36-28)25-19(32(25,33)34)9-7-8-16-12-23(16)44-30(41)37-27(29(38)40)31(2,3)4;;;/h11-13,17,19-20,23-25,27H,7-10,14-15H2,1-6H3,(H,38,42);10-11,15,20-21,25-28H,6-9,12-14,16-17H2,1-5H3,(H,36,40);10-11,13,16,18-19,22-25,27H,6-9,12,14H2,1-5H3,(H,37,41);;;/q3*-1;;;/t17-,19+,20?,23-,24+,25?,27-,32-;20-,21+,25+,26+,27-,28+;16-,18+,19?,22-,23-,24+,25?,27-;;;/m101.../s1. The number of halogens is 4. The molecule has 729 valence electrons. The number of methoxy groups -OCH3 is 3. The van der Waals surface area contributed by atoms with Crippen LogP contribution < -0.4 is 44.4 Å². The van der Waals surface area contributed by atoms with Crippen LogP contribution in [0, 0.1) is 69.0 Å². The quantitative estimate of drug-likeness (QED) is 0.0687. The SMILES string of the molecule is CC[C@@H]1[C@@H]2CN(C(=O)[C@H](C(C)(C)C)NC(=O)O[C@@H]3C[C@H]3C3(CCCCc4nc5ccc(OC)cc5nc4O2)CC3)[C@@H]1[C-]=O.CC[C@@H]1[C@@H]2CN(C(=O)[C@H](C(C)(C)C)NC(=O)O[C@@H]3C[C@H]3CCCC3C(c4nc5ccc(OC)cc5nc4O2)C3(F)F)[C@@H]1[C-]=O.CC[C@@H]1[C@@H]2CN(C(=O)[C@H](C(C)(C)C)NC(=O)O[C@]3(C)C[C@H]3CCCC3C(c4nc5ccc(OC)cc5nc4O2)C3(F)F)[C@@H]1[C-]=O.[V].[V].[V]. The summed E-state index contributed by atoms with van der Waals surface area (Å²) in [6.45, 7) is 24.3. The molecule has 4 unspecified atom stereocenters. The second-order valence-corrected chi connectivity index (χ2v) is 41.8. The zero-order valence-electron chi connectivity index (χ0n) is 79.4. The zero-order chi connectivity index (χ0) is 94.5. The summed E-state index contributed by atoms with van der Waals surface area (Å²) in [5.41, 5.74) is 1.51. The number of carbonyl (C=O) groups is 6. The molecular formula is C98H123F4N12O18V3-3. The summed E-state index contributed by atoms with van der Waals surface area (Å²) in [5.74, 6) is -10.2. The molecule has 6 amide bonds. The van der Waals surface area contributed by atoms with E-state index in [2.05, 4.69) is 42.2 Å². The normalized spacial score (nSPS) is 32.2. The Morgan fingerprint density at radius 3 is 1.22 bits per heavy atom. The van der Waals surface area contributed by atoms with Crippen molar-refractivity contribution in [1.82, 2.24) is 60.6 Å². The maximum atomic E-state index is 15.5. The van der Waals surface area contributed by atoms with Gasteiger partial charge >= 0.3 is 18.3 Å². The Kier molecular flexibility index (Phi) is 30.8. The first kappa shape index (κ1) is 104. The Morgan fingerprint density at radius 2 is 0.830 bits per heavy atom. The Hall–Kier alpha value is -8.82. The molecule has 22 atom stereocenters. The van der Waals surface area contributed by atoms with Gasteiger partial charge in [0.05, 0.1) is 85.9 Å². The van der Waals surface area contributed by atoms with Crippen LogP contribution in [0.1, 0.15) is 228 Å². The van der Waals surface area contributed by atoms with Gasteiger partial charge in [-0.2, -0.15) is 0 Å². The number of nitrogens with zero attached hydrogens (tertiary/aromatic N) is 9. The Balaban J connectivity index is 0.000000170. The van der Waals surface area contributed by atoms with Gasteiger partial charge in [-0.15, -0.1) is 0 Å². The summed E-state index contributed by atoms with van der Waals surface area (Å²) in [6, 6.07) is 10.0. The van der Waals surface area contributed by atoms with E-state index in [1.54, 1.807) is 43.5 Å². The van der Waals surface area contributed by atoms with Crippen molar-refractivity contribution < 1.29 is 159 Å². The average molecular weight is 1990 g/mol. The van der Waals surface area contributed by atoms with Crippen molar-refractivity contribution in [3.8, 4) is 34.9 Å². The maximum absolute atomic E-state index is 15.5. The molecule has 6 aliphatic carbocycles. The molecule has 6 aliphatic heterocycles. The van der Waals surface area contributed by atoms with E-state index in [1.165, 1.54) is 28.9 Å². The van der Waals surface area contributed by atoms with Crippen molar-refractivity contribution in [3.05, 3.63) is 71.7 Å². The van der Waals surface area contributed by atoms with Crippen LogP contribution in [0.5, 0.6) is 34.9 Å². The molecule has 1 spiro atoms. The first-order valence-corrected chi connectivity index (χ1v) is 46.9. The molecule has 37 heteroatoms. The fourth-order valence-corrected chi connectivity index (χ4v) is 21.5. The fraction of sp³-hybridized carbons (Fsp3) is 0.663. The number of rotatable bonds is 9. The van der Waals surface area contributed by atoms with Crippen molar-refractivity contribution >= 4 is 88.0 Å². The predicted octanol–water partition coefficient (Wildman–Crippen LogP) is 14.7. The molecule has 9 heterocycles. The number of ether oxygens (including phenoxy) is 9. The molecule has 12 aliphatic rings. The molecule has 30 nitrogen and oxygen atoms in total. The maximum Gasteiger partial charge on any atom is 0.408 e. The molecular weight excluding hydrogens is 1860 g/mol. The van der Waals surface area contributed by atoms with Crippen LogP contribution >= 0.6 is 0 Å². The molecule has 9 fully saturated rings. The van der Waals surface area contributed by atoms with Gasteiger partial charge in [0.2, 0.25) is 35.4 Å². The van der Waals surface area contributed by atoms with Crippen molar-refractivity contribution in [3.63, 3.8) is 0 Å². The molecule has 3 N–H and O–H groups in total. The summed E-state index contributed by atoms with van der Waals surface area (Å²) in [6.07, 6.45) is 14.3. The minimum Gasteiger partial charge on any atom is -0.540 e. The monoisotopic (exact) mass is 1980 g/mol. The third kappa shape index (κ3) is 21.2. The summed E-state index contributed by atoms with van der Waals surface area (Å²) in [7, 11) is 4.65. The van der Waals surface area contributed by atoms with E-state index in [1.807, 2.05) is 121 Å². The van der Waals surface area contributed by atoms with Crippen LogP contribution in [0.3, 0.4) is 0 Å². The van der Waals surface area contributed by atoms with Crippen LogP contribution in [-0.2, 0) is 105 Å². The van der Waals surface area contributed by atoms with Crippen LogP contribution in [0.25, 0.3) is 33.1 Å². The summed E-state index contributed by atoms with van der Waals surface area (Å²) < 4.78 is 115. The number of alkyl carbamates (subject to hydrolysis) is 3. The van der Waals surface area contributed by atoms with Gasteiger partial charge in [-0.05, 0) is 166 Å². The van der Waals surface area contributed by atoms with Gasteiger partial charge in [-0.25, -0.2) is 80.7 Å². The number of benzene rings is 3. The Morgan fingerprint density at radius 1 is 0.444 bits per heavy atom. The number of alkyl halides is 4. The van der Waals surface area contributed by atoms with Crippen molar-refractivity contribution in [2.75, 3.05) is 41.0 Å². The van der Waals surface area contributed by atoms with E-state index < -0.39 is 154 Å². The molecule has 3 aromatic carbocycles. The van der Waals surface area contributed by atoms with Crippen LogP contribution in [0.2, 0.25) is 0 Å². The number of amides is 6. The summed E-state index contributed by atoms with van der Waals surface area (Å²) in [4.78, 5) is 151. The largest absolute Gasteiger partial charge is 0.540 e. The third-order valence-corrected chi connectivity index (χ3v) is 29.9. The molecule has 3 saturated heterocycles. The van der Waals surface area contributed by atoms with E-state index >= 15 is 17.6 Å².